The highest BCUT2D eigenvalue weighted by atomic mass is 16.6. The lowest BCUT2D eigenvalue weighted by Gasteiger charge is -2.20. The van der Waals surface area contributed by atoms with E-state index in [2.05, 4.69) is 46.4 Å². The lowest BCUT2D eigenvalue weighted by Crippen LogP contribution is -2.17. The Balaban J connectivity index is 1.94. The molecular weight excluding hydrogens is 314 g/mol. The predicted molar refractivity (Wildman–Crippen MR) is 100 cm³/mol. The van der Waals surface area contributed by atoms with Crippen molar-refractivity contribution in [3.63, 3.8) is 0 Å². The molecule has 0 radical (unpaired) electrons. The Hall–Kier alpha value is -2.66. The first-order valence-electron chi connectivity index (χ1n) is 8.26. The fourth-order valence-corrected chi connectivity index (χ4v) is 2.63. The van der Waals surface area contributed by atoms with Crippen molar-refractivity contribution in [2.75, 3.05) is 11.9 Å². The smallest absolute Gasteiger partial charge is 0.158 e. The van der Waals surface area contributed by atoms with Crippen molar-refractivity contribution in [2.45, 2.75) is 32.9 Å². The third kappa shape index (κ3) is 4.25. The van der Waals surface area contributed by atoms with Crippen LogP contribution in [0.4, 0.5) is 5.69 Å². The van der Waals surface area contributed by atoms with Crippen LogP contribution in [0.25, 0.3) is 17.1 Å². The number of anilines is 1. The molecule has 0 bridgehead atoms. The summed E-state index contributed by atoms with van der Waals surface area (Å²) in [5.41, 5.74) is 4.90. The van der Waals surface area contributed by atoms with Gasteiger partial charge in [0, 0.05) is 13.6 Å². The second kappa shape index (κ2) is 6.69. The highest BCUT2D eigenvalue weighted by molar-refractivity contribution is 5.90. The van der Waals surface area contributed by atoms with Gasteiger partial charge in [0.1, 0.15) is 5.52 Å². The van der Waals surface area contributed by atoms with Crippen LogP contribution in [0.3, 0.4) is 0 Å². The van der Waals surface area contributed by atoms with E-state index in [0.717, 1.165) is 23.3 Å². The second-order valence-electron chi connectivity index (χ2n) is 7.00. The minimum absolute atomic E-state index is 0.698. The molecule has 1 heterocycles. The maximum atomic E-state index is 9.90. The van der Waals surface area contributed by atoms with E-state index in [4.69, 9.17) is 4.63 Å². The largest absolute Gasteiger partial charge is 0.386 e. The number of hydrogen-bond acceptors (Lipinski definition) is 5. The summed E-state index contributed by atoms with van der Waals surface area (Å²) >= 11 is 0. The van der Waals surface area contributed by atoms with Crippen molar-refractivity contribution in [3.05, 3.63) is 59.2 Å². The van der Waals surface area contributed by atoms with Crippen LogP contribution in [-0.2, 0) is 6.54 Å². The Morgan fingerprint density at radius 2 is 1.88 bits per heavy atom. The molecule has 0 spiro atoms. The van der Waals surface area contributed by atoms with Crippen molar-refractivity contribution in [3.8, 4) is 0 Å². The van der Waals surface area contributed by atoms with E-state index in [1.54, 1.807) is 19.9 Å². The first kappa shape index (κ1) is 17.2. The van der Waals surface area contributed by atoms with E-state index in [-0.39, 0.29) is 0 Å². The third-order valence-corrected chi connectivity index (χ3v) is 4.00. The number of fused-ring (bicyclic) bond motifs is 1. The van der Waals surface area contributed by atoms with Gasteiger partial charge >= 0.3 is 0 Å². The Bertz CT molecular complexity index is 889. The van der Waals surface area contributed by atoms with Gasteiger partial charge in [-0.05, 0) is 54.3 Å². The van der Waals surface area contributed by atoms with Crippen LogP contribution in [-0.4, -0.2) is 28.1 Å². The Kier molecular flexibility index (Phi) is 4.59. The van der Waals surface area contributed by atoms with Crippen LogP contribution in [0.15, 0.2) is 47.1 Å². The Morgan fingerprint density at radius 1 is 1.16 bits per heavy atom. The van der Waals surface area contributed by atoms with Gasteiger partial charge in [-0.2, -0.15) is 0 Å². The average molecular weight is 337 g/mol. The number of rotatable bonds is 5. The number of benzene rings is 2. The molecule has 2 aromatic carbocycles. The van der Waals surface area contributed by atoms with E-state index in [1.807, 2.05) is 25.3 Å². The highest BCUT2D eigenvalue weighted by Gasteiger charge is 2.14. The van der Waals surface area contributed by atoms with Gasteiger partial charge in [-0.25, -0.2) is 4.63 Å². The fourth-order valence-electron chi connectivity index (χ4n) is 2.63. The molecule has 5 heteroatoms. The van der Waals surface area contributed by atoms with Crippen molar-refractivity contribution in [1.82, 2.24) is 10.3 Å². The minimum Gasteiger partial charge on any atom is -0.386 e. The average Bonchev–Trinajstić information content (AvgIpc) is 3.02. The zero-order valence-electron chi connectivity index (χ0n) is 15.0. The van der Waals surface area contributed by atoms with Gasteiger partial charge < -0.3 is 10.0 Å². The van der Waals surface area contributed by atoms with E-state index in [9.17, 15) is 5.11 Å². The van der Waals surface area contributed by atoms with Gasteiger partial charge in [0.25, 0.3) is 0 Å². The number of nitrogens with zero attached hydrogens (tertiary/aromatic N) is 3. The topological polar surface area (TPSA) is 62.4 Å². The Morgan fingerprint density at radius 3 is 2.56 bits per heavy atom. The van der Waals surface area contributed by atoms with E-state index < -0.39 is 5.60 Å². The molecular formula is C20H23N3O2. The summed E-state index contributed by atoms with van der Waals surface area (Å²) in [6.45, 7) is 6.31. The van der Waals surface area contributed by atoms with Crippen molar-refractivity contribution in [1.29, 1.82) is 0 Å². The zero-order valence-corrected chi connectivity index (χ0v) is 15.0. The minimum atomic E-state index is -0.870. The van der Waals surface area contributed by atoms with Gasteiger partial charge in [-0.3, -0.25) is 0 Å². The molecule has 5 nitrogen and oxygen atoms in total. The molecule has 0 amide bonds. The normalized spacial score (nSPS) is 12.2. The second-order valence-corrected chi connectivity index (χ2v) is 7.00. The van der Waals surface area contributed by atoms with Gasteiger partial charge in [-0.15, -0.1) is 0 Å². The zero-order chi connectivity index (χ0) is 18.0. The molecule has 25 heavy (non-hydrogen) atoms. The number of hydrogen-bond donors (Lipinski definition) is 1. The first-order chi connectivity index (χ1) is 11.8. The Labute approximate surface area is 147 Å². The highest BCUT2D eigenvalue weighted by Crippen LogP contribution is 2.28. The summed E-state index contributed by atoms with van der Waals surface area (Å²) in [7, 11) is 2.02. The van der Waals surface area contributed by atoms with Crippen molar-refractivity contribution < 1.29 is 9.74 Å². The van der Waals surface area contributed by atoms with Crippen LogP contribution >= 0.6 is 0 Å². The molecule has 130 valence electrons. The molecule has 1 N–H and O–H groups in total. The number of aliphatic hydroxyl groups is 1. The van der Waals surface area contributed by atoms with Crippen molar-refractivity contribution >= 4 is 22.8 Å². The van der Waals surface area contributed by atoms with E-state index in [1.165, 1.54) is 11.1 Å². The molecule has 0 atom stereocenters. The molecule has 0 aliphatic carbocycles. The summed E-state index contributed by atoms with van der Waals surface area (Å²) in [4.78, 5) is 2.12. The molecule has 0 fully saturated rings. The standard InChI is InChI=1S/C20H23N3O2/c1-14-5-7-15(8-6-14)13-23(4)18-12-16(9-10-20(2,3)24)11-17-19(18)22-25-21-17/h5-12,24H,13H2,1-4H3/b10-9+. The third-order valence-electron chi connectivity index (χ3n) is 4.00. The summed E-state index contributed by atoms with van der Waals surface area (Å²) in [6.07, 6.45) is 3.64. The lowest BCUT2D eigenvalue weighted by atomic mass is 10.1. The van der Waals surface area contributed by atoms with E-state index >= 15 is 0 Å². The maximum Gasteiger partial charge on any atom is 0.158 e. The molecule has 0 aliphatic rings. The fraction of sp³-hybridized carbons (Fsp3) is 0.300. The summed E-state index contributed by atoms with van der Waals surface area (Å²) in [5.74, 6) is 0. The maximum absolute atomic E-state index is 9.90. The van der Waals surface area contributed by atoms with Crippen LogP contribution in [0, 0.1) is 6.92 Å². The molecule has 0 unspecified atom stereocenters. The molecule has 3 rings (SSSR count). The first-order valence-corrected chi connectivity index (χ1v) is 8.26. The van der Waals surface area contributed by atoms with Gasteiger partial charge in [0.05, 0.1) is 11.3 Å². The van der Waals surface area contributed by atoms with Crippen LogP contribution < -0.4 is 4.90 Å². The van der Waals surface area contributed by atoms with Gasteiger partial charge in [0.15, 0.2) is 5.52 Å². The predicted octanol–water partition coefficient (Wildman–Crippen LogP) is 3.95. The number of aryl methyl sites for hydroxylation is 1. The number of aromatic nitrogens is 2. The van der Waals surface area contributed by atoms with E-state index in [0.29, 0.717) is 5.52 Å². The van der Waals surface area contributed by atoms with Gasteiger partial charge in [-0.1, -0.05) is 42.0 Å². The quantitative estimate of drug-likeness (QED) is 0.764. The molecule has 3 aromatic rings. The SMILES string of the molecule is Cc1ccc(CN(C)c2cc(/C=C/C(C)(C)O)cc3nonc23)cc1. The van der Waals surface area contributed by atoms with Crippen LogP contribution in [0.1, 0.15) is 30.5 Å². The molecule has 0 saturated carbocycles. The molecule has 0 saturated heterocycles. The monoisotopic (exact) mass is 337 g/mol. The lowest BCUT2D eigenvalue weighted by molar-refractivity contribution is 0.134. The summed E-state index contributed by atoms with van der Waals surface area (Å²) < 4.78 is 4.92. The molecule has 0 aliphatic heterocycles. The van der Waals surface area contributed by atoms with Crippen LogP contribution in [0.2, 0.25) is 0 Å². The van der Waals surface area contributed by atoms with Crippen LogP contribution in [0.5, 0.6) is 0 Å². The van der Waals surface area contributed by atoms with Gasteiger partial charge in [0.2, 0.25) is 0 Å². The summed E-state index contributed by atoms with van der Waals surface area (Å²) in [5, 5.41) is 17.9. The molecule has 1 aromatic heterocycles. The van der Waals surface area contributed by atoms with Crippen molar-refractivity contribution in [2.24, 2.45) is 0 Å². The summed E-state index contributed by atoms with van der Waals surface area (Å²) in [6, 6.07) is 12.4.